The third-order valence-corrected chi connectivity index (χ3v) is 9.78. The first-order valence-electron chi connectivity index (χ1n) is 12.7. The monoisotopic (exact) mass is 571 g/mol. The second-order valence-corrected chi connectivity index (χ2v) is 11.8. The van der Waals surface area contributed by atoms with E-state index >= 15 is 0 Å². The lowest BCUT2D eigenvalue weighted by molar-refractivity contribution is -0.122. The average Bonchev–Trinajstić information content (AvgIpc) is 3.41. The highest BCUT2D eigenvalue weighted by Crippen LogP contribution is 2.54. The molecule has 8 nitrogen and oxygen atoms in total. The fourth-order valence-electron chi connectivity index (χ4n) is 5.24. The van der Waals surface area contributed by atoms with Crippen LogP contribution >= 0.6 is 23.1 Å². The van der Waals surface area contributed by atoms with Gasteiger partial charge in [-0.15, -0.1) is 0 Å². The molecule has 3 heterocycles. The molecule has 0 aliphatic carbocycles. The van der Waals surface area contributed by atoms with Crippen molar-refractivity contribution in [1.82, 2.24) is 4.57 Å². The van der Waals surface area contributed by atoms with Crippen molar-refractivity contribution in [3.8, 4) is 5.75 Å². The summed E-state index contributed by atoms with van der Waals surface area (Å²) < 4.78 is 6.74. The van der Waals surface area contributed by atoms with Gasteiger partial charge in [-0.3, -0.25) is 23.7 Å². The summed E-state index contributed by atoms with van der Waals surface area (Å²) in [4.78, 5) is 55.5. The maximum atomic E-state index is 13.9. The first kappa shape index (κ1) is 26.1. The Kier molecular flexibility index (Phi) is 6.81. The molecule has 4 aromatic rings. The van der Waals surface area contributed by atoms with E-state index in [9.17, 15) is 19.2 Å². The molecular formula is C30H25N3O5S2. The zero-order chi connectivity index (χ0) is 28.0. The molecule has 6 rings (SSSR count). The number of hydrogen-bond donors (Lipinski definition) is 1. The van der Waals surface area contributed by atoms with Crippen LogP contribution in [-0.4, -0.2) is 34.6 Å². The van der Waals surface area contributed by atoms with Crippen LogP contribution in [0.1, 0.15) is 21.9 Å². The van der Waals surface area contributed by atoms with Gasteiger partial charge in [-0.1, -0.05) is 71.1 Å². The number of benzene rings is 3. The number of para-hydroxylation sites is 1. The van der Waals surface area contributed by atoms with Crippen LogP contribution in [0.3, 0.4) is 0 Å². The Morgan fingerprint density at radius 2 is 1.62 bits per heavy atom. The number of hydrogen-bond acceptors (Lipinski definition) is 7. The highest BCUT2D eigenvalue weighted by atomic mass is 32.2. The molecule has 2 unspecified atom stereocenters. The number of fused-ring (bicyclic) bond motifs is 2. The van der Waals surface area contributed by atoms with Crippen molar-refractivity contribution < 1.29 is 19.1 Å². The summed E-state index contributed by atoms with van der Waals surface area (Å²) in [6.07, 6.45) is 0. The predicted molar refractivity (Wildman–Crippen MR) is 155 cm³/mol. The SMILES string of the molecule is COc1ccc([C@H]2c3sc(=O)n(CC(=O)Nc4ccc(C)cc4)c3SC3C(=O)N(c4ccccc4)C(=O)C32)cc1. The molecule has 0 radical (unpaired) electrons. The Labute approximate surface area is 238 Å². The number of imide groups is 1. The van der Waals surface area contributed by atoms with Crippen LogP contribution in [0.2, 0.25) is 0 Å². The minimum atomic E-state index is -0.743. The average molecular weight is 572 g/mol. The first-order chi connectivity index (χ1) is 19.4. The normalized spacial score (nSPS) is 19.8. The lowest BCUT2D eigenvalue weighted by Crippen LogP contribution is -2.33. The summed E-state index contributed by atoms with van der Waals surface area (Å²) in [6, 6.07) is 23.6. The van der Waals surface area contributed by atoms with Crippen molar-refractivity contribution in [2.45, 2.75) is 29.7 Å². The number of rotatable bonds is 6. The van der Waals surface area contributed by atoms with Gasteiger partial charge in [0, 0.05) is 16.5 Å². The van der Waals surface area contributed by atoms with E-state index in [0.29, 0.717) is 27.0 Å². The topological polar surface area (TPSA) is 97.7 Å². The Morgan fingerprint density at radius 3 is 2.30 bits per heavy atom. The number of nitrogens with one attached hydrogen (secondary N) is 1. The third-order valence-electron chi connectivity index (χ3n) is 7.18. The van der Waals surface area contributed by atoms with E-state index in [-0.39, 0.29) is 29.1 Å². The molecule has 3 atom stereocenters. The lowest BCUT2D eigenvalue weighted by Gasteiger charge is -2.30. The predicted octanol–water partition coefficient (Wildman–Crippen LogP) is 4.66. The summed E-state index contributed by atoms with van der Waals surface area (Å²) in [7, 11) is 1.57. The van der Waals surface area contributed by atoms with Crippen molar-refractivity contribution >= 4 is 52.2 Å². The number of aryl methyl sites for hydroxylation is 1. The fraction of sp³-hybridized carbons (Fsp3) is 0.200. The molecule has 202 valence electrons. The van der Waals surface area contributed by atoms with Crippen molar-refractivity contribution in [1.29, 1.82) is 0 Å². The number of carbonyl (C=O) groups excluding carboxylic acids is 3. The maximum absolute atomic E-state index is 13.9. The lowest BCUT2D eigenvalue weighted by atomic mass is 9.83. The van der Waals surface area contributed by atoms with E-state index in [1.807, 2.05) is 37.3 Å². The van der Waals surface area contributed by atoms with Crippen molar-refractivity contribution in [2.24, 2.45) is 5.92 Å². The van der Waals surface area contributed by atoms with Crippen molar-refractivity contribution in [3.05, 3.63) is 105 Å². The van der Waals surface area contributed by atoms with Crippen LogP contribution in [-0.2, 0) is 20.9 Å². The van der Waals surface area contributed by atoms with E-state index in [2.05, 4.69) is 5.32 Å². The molecule has 3 amide bonds. The standard InChI is InChI=1S/C30H25N3O5S2/c1-17-8-12-19(13-9-17)31-22(34)16-32-29-26(40-30(32)37)23(18-10-14-21(38-2)15-11-18)24-25(39-29)28(36)33(27(24)35)20-6-4-3-5-7-20/h3-15,23-25H,16H2,1-2H3,(H,31,34)/t23-,24?,25?/m1/s1. The van der Waals surface area contributed by atoms with E-state index in [4.69, 9.17) is 4.74 Å². The smallest absolute Gasteiger partial charge is 0.308 e. The van der Waals surface area contributed by atoms with Crippen LogP contribution in [0.15, 0.2) is 88.7 Å². The number of ether oxygens (including phenoxy) is 1. The molecule has 1 saturated heterocycles. The van der Waals surface area contributed by atoms with Gasteiger partial charge in [-0.05, 0) is 48.9 Å². The van der Waals surface area contributed by atoms with Gasteiger partial charge in [0.1, 0.15) is 17.5 Å². The summed E-state index contributed by atoms with van der Waals surface area (Å²) in [6.45, 7) is 1.75. The molecule has 0 spiro atoms. The van der Waals surface area contributed by atoms with Crippen molar-refractivity contribution in [3.63, 3.8) is 0 Å². The van der Waals surface area contributed by atoms with Gasteiger partial charge in [0.25, 0.3) is 0 Å². The molecule has 10 heteroatoms. The number of amides is 3. The second-order valence-electron chi connectivity index (χ2n) is 9.70. The van der Waals surface area contributed by atoms with E-state index in [0.717, 1.165) is 22.5 Å². The number of aromatic nitrogens is 1. The van der Waals surface area contributed by atoms with Gasteiger partial charge >= 0.3 is 4.87 Å². The van der Waals surface area contributed by atoms with Crippen LogP contribution in [0.4, 0.5) is 11.4 Å². The third kappa shape index (κ3) is 4.52. The number of carbonyl (C=O) groups is 3. The molecule has 1 N–H and O–H groups in total. The molecular weight excluding hydrogens is 546 g/mol. The summed E-state index contributed by atoms with van der Waals surface area (Å²) in [5.41, 5.74) is 3.01. The van der Waals surface area contributed by atoms with Crippen LogP contribution in [0, 0.1) is 12.8 Å². The van der Waals surface area contributed by atoms with Crippen LogP contribution in [0.25, 0.3) is 0 Å². The number of thioether (sulfide) groups is 1. The minimum absolute atomic E-state index is 0.206. The Bertz CT molecular complexity index is 1660. The Morgan fingerprint density at radius 1 is 0.925 bits per heavy atom. The zero-order valence-electron chi connectivity index (χ0n) is 21.7. The molecule has 2 aliphatic rings. The molecule has 0 bridgehead atoms. The van der Waals surface area contributed by atoms with E-state index < -0.39 is 17.1 Å². The van der Waals surface area contributed by atoms with Gasteiger partial charge in [0.2, 0.25) is 17.7 Å². The molecule has 1 fully saturated rings. The summed E-state index contributed by atoms with van der Waals surface area (Å²) in [5.74, 6) is -1.56. The number of anilines is 2. The molecule has 2 aliphatic heterocycles. The van der Waals surface area contributed by atoms with E-state index in [1.165, 1.54) is 21.2 Å². The summed E-state index contributed by atoms with van der Waals surface area (Å²) in [5, 5.41) is 2.65. The van der Waals surface area contributed by atoms with Gasteiger partial charge in [-0.25, -0.2) is 4.90 Å². The van der Waals surface area contributed by atoms with E-state index in [1.54, 1.807) is 55.6 Å². The largest absolute Gasteiger partial charge is 0.497 e. The zero-order valence-corrected chi connectivity index (χ0v) is 23.3. The molecule has 0 saturated carbocycles. The van der Waals surface area contributed by atoms with Crippen molar-refractivity contribution in [2.75, 3.05) is 17.3 Å². The van der Waals surface area contributed by atoms with Crippen LogP contribution in [0.5, 0.6) is 5.75 Å². The fourth-order valence-corrected chi connectivity index (χ4v) is 8.01. The van der Waals surface area contributed by atoms with Gasteiger partial charge in [-0.2, -0.15) is 0 Å². The number of methoxy groups -OCH3 is 1. The van der Waals surface area contributed by atoms with Gasteiger partial charge in [0.15, 0.2) is 0 Å². The maximum Gasteiger partial charge on any atom is 0.308 e. The molecule has 1 aromatic heterocycles. The quantitative estimate of drug-likeness (QED) is 0.338. The molecule has 3 aromatic carbocycles. The second kappa shape index (κ2) is 10.4. The van der Waals surface area contributed by atoms with Crippen LogP contribution < -0.4 is 19.8 Å². The summed E-state index contributed by atoms with van der Waals surface area (Å²) >= 11 is 2.22. The minimum Gasteiger partial charge on any atom is -0.497 e. The Balaban J connectivity index is 1.41. The first-order valence-corrected chi connectivity index (χ1v) is 14.4. The number of nitrogens with zero attached hydrogens (tertiary/aromatic N) is 2. The molecule has 40 heavy (non-hydrogen) atoms. The Hall–Kier alpha value is -4.15. The van der Waals surface area contributed by atoms with Gasteiger partial charge in [0.05, 0.1) is 23.7 Å². The highest BCUT2D eigenvalue weighted by Gasteiger charge is 2.56. The number of thiazole rings is 1. The van der Waals surface area contributed by atoms with Gasteiger partial charge < -0.3 is 10.1 Å². The highest BCUT2D eigenvalue weighted by molar-refractivity contribution is 8.00.